The number of aromatic nitrogens is 1. The quantitative estimate of drug-likeness (QED) is 0.871. The maximum absolute atomic E-state index is 12.8. The van der Waals surface area contributed by atoms with Gasteiger partial charge < -0.3 is 15.4 Å². The molecular formula is C16H19N3O2. The van der Waals surface area contributed by atoms with Crippen LogP contribution in [0.4, 0.5) is 5.82 Å². The first kappa shape index (κ1) is 13.8. The number of hydrogen-bond acceptors (Lipinski definition) is 4. The van der Waals surface area contributed by atoms with Gasteiger partial charge in [0, 0.05) is 18.5 Å². The van der Waals surface area contributed by atoms with Crippen molar-refractivity contribution in [3.8, 4) is 0 Å². The number of nitrogens with zero attached hydrogens (tertiary/aromatic N) is 2. The van der Waals surface area contributed by atoms with E-state index in [0.29, 0.717) is 24.5 Å². The average Bonchev–Trinajstić information content (AvgIpc) is 2.44. The molecule has 1 aromatic heterocycles. The highest BCUT2D eigenvalue weighted by Gasteiger charge is 2.27. The zero-order valence-corrected chi connectivity index (χ0v) is 12.2. The molecule has 21 heavy (non-hydrogen) atoms. The lowest BCUT2D eigenvalue weighted by molar-refractivity contribution is -0.0585. The SMILES string of the molecule is CC1CN(C(=O)c2cc(N)nc3ccccc23)CC(C)O1. The van der Waals surface area contributed by atoms with E-state index in [0.717, 1.165) is 10.9 Å². The van der Waals surface area contributed by atoms with Crippen LogP contribution in [0.2, 0.25) is 0 Å². The number of benzene rings is 1. The number of carbonyl (C=O) groups is 1. The van der Waals surface area contributed by atoms with Crippen LogP contribution < -0.4 is 5.73 Å². The minimum Gasteiger partial charge on any atom is -0.384 e. The summed E-state index contributed by atoms with van der Waals surface area (Å²) in [6.45, 7) is 5.16. The first-order valence-corrected chi connectivity index (χ1v) is 7.14. The van der Waals surface area contributed by atoms with Crippen LogP contribution in [0, 0.1) is 0 Å². The molecule has 0 spiro atoms. The van der Waals surface area contributed by atoms with Crippen LogP contribution in [0.15, 0.2) is 30.3 Å². The van der Waals surface area contributed by atoms with Gasteiger partial charge in [0.1, 0.15) is 5.82 Å². The Morgan fingerprint density at radius 3 is 2.67 bits per heavy atom. The van der Waals surface area contributed by atoms with Gasteiger partial charge >= 0.3 is 0 Å². The fourth-order valence-corrected chi connectivity index (χ4v) is 2.89. The normalized spacial score (nSPS) is 22.5. The van der Waals surface area contributed by atoms with Crippen molar-refractivity contribution in [3.05, 3.63) is 35.9 Å². The highest BCUT2D eigenvalue weighted by atomic mass is 16.5. The molecule has 5 nitrogen and oxygen atoms in total. The molecule has 1 aliphatic rings. The molecular weight excluding hydrogens is 266 g/mol. The molecule has 1 amide bonds. The van der Waals surface area contributed by atoms with Gasteiger partial charge in [-0.25, -0.2) is 4.98 Å². The molecule has 2 atom stereocenters. The van der Waals surface area contributed by atoms with Gasteiger partial charge in [0.15, 0.2) is 0 Å². The summed E-state index contributed by atoms with van der Waals surface area (Å²) in [6.07, 6.45) is 0.0892. The third-order valence-electron chi connectivity index (χ3n) is 3.67. The minimum atomic E-state index is -0.0118. The summed E-state index contributed by atoms with van der Waals surface area (Å²) in [5.74, 6) is 0.355. The van der Waals surface area contributed by atoms with Crippen LogP contribution in [0.3, 0.4) is 0 Å². The molecule has 1 fully saturated rings. The number of para-hydroxylation sites is 1. The van der Waals surface area contributed by atoms with Crippen LogP contribution in [-0.2, 0) is 4.74 Å². The minimum absolute atomic E-state index is 0.0118. The fourth-order valence-electron chi connectivity index (χ4n) is 2.89. The number of fused-ring (bicyclic) bond motifs is 1. The number of rotatable bonds is 1. The predicted octanol–water partition coefficient (Wildman–Crippen LogP) is 2.07. The number of morpholine rings is 1. The second-order valence-corrected chi connectivity index (χ2v) is 5.58. The van der Waals surface area contributed by atoms with E-state index in [1.54, 1.807) is 6.07 Å². The van der Waals surface area contributed by atoms with E-state index in [9.17, 15) is 4.79 Å². The molecule has 0 aliphatic carbocycles. The predicted molar refractivity (Wildman–Crippen MR) is 82.1 cm³/mol. The summed E-state index contributed by atoms with van der Waals surface area (Å²) in [4.78, 5) is 19.0. The summed E-state index contributed by atoms with van der Waals surface area (Å²) in [7, 11) is 0. The van der Waals surface area contributed by atoms with E-state index in [1.807, 2.05) is 43.0 Å². The number of carbonyl (C=O) groups excluding carboxylic acids is 1. The number of ether oxygens (including phenoxy) is 1. The Labute approximate surface area is 123 Å². The first-order valence-electron chi connectivity index (χ1n) is 7.14. The van der Waals surface area contributed by atoms with E-state index in [2.05, 4.69) is 4.98 Å². The second kappa shape index (κ2) is 5.33. The molecule has 3 rings (SSSR count). The zero-order valence-electron chi connectivity index (χ0n) is 12.2. The Morgan fingerprint density at radius 2 is 1.95 bits per heavy atom. The maximum atomic E-state index is 12.8. The van der Waals surface area contributed by atoms with Gasteiger partial charge in [-0.1, -0.05) is 18.2 Å². The van der Waals surface area contributed by atoms with Gasteiger partial charge in [0.05, 0.1) is 23.3 Å². The van der Waals surface area contributed by atoms with Gasteiger partial charge in [-0.05, 0) is 26.0 Å². The molecule has 1 saturated heterocycles. The van der Waals surface area contributed by atoms with E-state index < -0.39 is 0 Å². The number of amides is 1. The second-order valence-electron chi connectivity index (χ2n) is 5.58. The number of pyridine rings is 1. The highest BCUT2D eigenvalue weighted by Crippen LogP contribution is 2.22. The Morgan fingerprint density at radius 1 is 1.29 bits per heavy atom. The van der Waals surface area contributed by atoms with Crippen LogP contribution in [0.1, 0.15) is 24.2 Å². The van der Waals surface area contributed by atoms with E-state index in [1.165, 1.54) is 0 Å². The van der Waals surface area contributed by atoms with E-state index in [4.69, 9.17) is 10.5 Å². The van der Waals surface area contributed by atoms with Crippen molar-refractivity contribution in [2.24, 2.45) is 0 Å². The monoisotopic (exact) mass is 285 g/mol. The smallest absolute Gasteiger partial charge is 0.254 e. The van der Waals surface area contributed by atoms with Gasteiger partial charge in [0.25, 0.3) is 5.91 Å². The van der Waals surface area contributed by atoms with Crippen molar-refractivity contribution in [2.45, 2.75) is 26.1 Å². The molecule has 2 N–H and O–H groups in total. The van der Waals surface area contributed by atoms with Crippen molar-refractivity contribution in [1.82, 2.24) is 9.88 Å². The number of nitrogen functional groups attached to an aromatic ring is 1. The summed E-state index contributed by atoms with van der Waals surface area (Å²) in [5.41, 5.74) is 7.20. The molecule has 0 bridgehead atoms. The topological polar surface area (TPSA) is 68.5 Å². The number of nitrogens with two attached hydrogens (primary N) is 1. The number of anilines is 1. The Kier molecular flexibility index (Phi) is 3.51. The largest absolute Gasteiger partial charge is 0.384 e. The third kappa shape index (κ3) is 2.69. The molecule has 5 heteroatoms. The van der Waals surface area contributed by atoms with E-state index in [-0.39, 0.29) is 18.1 Å². The van der Waals surface area contributed by atoms with Crippen molar-refractivity contribution < 1.29 is 9.53 Å². The molecule has 2 aromatic rings. The molecule has 1 aliphatic heterocycles. The summed E-state index contributed by atoms with van der Waals surface area (Å²) < 4.78 is 5.68. The Bertz CT molecular complexity index is 676. The Hall–Kier alpha value is -2.14. The lowest BCUT2D eigenvalue weighted by Crippen LogP contribution is -2.48. The van der Waals surface area contributed by atoms with Gasteiger partial charge in [-0.2, -0.15) is 0 Å². The summed E-state index contributed by atoms with van der Waals surface area (Å²) in [5, 5.41) is 0.837. The van der Waals surface area contributed by atoms with Crippen molar-refractivity contribution in [3.63, 3.8) is 0 Å². The molecule has 0 radical (unpaired) electrons. The molecule has 2 heterocycles. The number of hydrogen-bond donors (Lipinski definition) is 1. The van der Waals surface area contributed by atoms with Crippen LogP contribution in [-0.4, -0.2) is 41.1 Å². The Balaban J connectivity index is 2.01. The van der Waals surface area contributed by atoms with E-state index >= 15 is 0 Å². The first-order chi connectivity index (χ1) is 10.0. The van der Waals surface area contributed by atoms with Crippen LogP contribution in [0.5, 0.6) is 0 Å². The summed E-state index contributed by atoms with van der Waals surface area (Å²) in [6, 6.07) is 9.23. The van der Waals surface area contributed by atoms with Crippen molar-refractivity contribution in [1.29, 1.82) is 0 Å². The molecule has 1 aromatic carbocycles. The van der Waals surface area contributed by atoms with Crippen LogP contribution in [0.25, 0.3) is 10.9 Å². The lowest BCUT2D eigenvalue weighted by Gasteiger charge is -2.35. The van der Waals surface area contributed by atoms with Gasteiger partial charge in [-0.15, -0.1) is 0 Å². The molecule has 0 saturated carbocycles. The summed E-state index contributed by atoms with van der Waals surface area (Å²) >= 11 is 0. The van der Waals surface area contributed by atoms with Crippen LogP contribution >= 0.6 is 0 Å². The average molecular weight is 285 g/mol. The lowest BCUT2D eigenvalue weighted by atomic mass is 10.1. The fraction of sp³-hybridized carbons (Fsp3) is 0.375. The highest BCUT2D eigenvalue weighted by molar-refractivity contribution is 6.06. The van der Waals surface area contributed by atoms with Gasteiger partial charge in [-0.3, -0.25) is 4.79 Å². The maximum Gasteiger partial charge on any atom is 0.254 e. The zero-order chi connectivity index (χ0) is 15.0. The molecule has 110 valence electrons. The van der Waals surface area contributed by atoms with Gasteiger partial charge in [0.2, 0.25) is 0 Å². The standard InChI is InChI=1S/C16H19N3O2/c1-10-8-19(9-11(2)21-10)16(20)13-7-15(17)18-14-6-4-3-5-12(13)14/h3-7,10-11H,8-9H2,1-2H3,(H2,17,18). The molecule has 2 unspecified atom stereocenters. The van der Waals surface area contributed by atoms with Crippen molar-refractivity contribution >= 4 is 22.6 Å². The van der Waals surface area contributed by atoms with Crippen molar-refractivity contribution in [2.75, 3.05) is 18.8 Å². The third-order valence-corrected chi connectivity index (χ3v) is 3.67.